The Morgan fingerprint density at radius 3 is 2.95 bits per heavy atom. The highest BCUT2D eigenvalue weighted by molar-refractivity contribution is 6.23. The van der Waals surface area contributed by atoms with Crippen LogP contribution in [0.3, 0.4) is 0 Å². The van der Waals surface area contributed by atoms with Gasteiger partial charge in [-0.25, -0.2) is 0 Å². The standard InChI is InChI=1S/C16H14O4/c1-19-12-6-11(17)10-5-8-3-2-4-9-7-20-16(13(8)9)14(10)15(12)18/h3,6,16H,2,4-5,7H2,1H3. The molecule has 0 spiro atoms. The van der Waals surface area contributed by atoms with Gasteiger partial charge in [-0.1, -0.05) is 6.08 Å². The third-order valence-electron chi connectivity index (χ3n) is 4.45. The minimum absolute atomic E-state index is 0.120. The van der Waals surface area contributed by atoms with E-state index in [1.807, 2.05) is 0 Å². The molecule has 0 aromatic heterocycles. The van der Waals surface area contributed by atoms with Crippen molar-refractivity contribution in [1.29, 1.82) is 0 Å². The summed E-state index contributed by atoms with van der Waals surface area (Å²) in [5.74, 6) is -0.209. The Balaban J connectivity index is 1.89. The maximum absolute atomic E-state index is 12.5. The van der Waals surface area contributed by atoms with Crippen LogP contribution in [0.2, 0.25) is 0 Å². The normalized spacial score (nSPS) is 28.1. The van der Waals surface area contributed by atoms with E-state index in [-0.39, 0.29) is 23.4 Å². The van der Waals surface area contributed by atoms with Crippen molar-refractivity contribution in [2.45, 2.75) is 25.4 Å². The third kappa shape index (κ3) is 1.40. The summed E-state index contributed by atoms with van der Waals surface area (Å²) in [6, 6.07) is 0. The van der Waals surface area contributed by atoms with Gasteiger partial charge < -0.3 is 9.47 Å². The van der Waals surface area contributed by atoms with Gasteiger partial charge in [-0.3, -0.25) is 9.59 Å². The zero-order valence-corrected chi connectivity index (χ0v) is 11.2. The highest BCUT2D eigenvalue weighted by atomic mass is 16.5. The predicted molar refractivity (Wildman–Crippen MR) is 70.8 cm³/mol. The van der Waals surface area contributed by atoms with Gasteiger partial charge in [-0.2, -0.15) is 0 Å². The molecule has 0 aromatic rings. The fraction of sp³-hybridized carbons (Fsp3) is 0.375. The van der Waals surface area contributed by atoms with Crippen molar-refractivity contribution >= 4 is 11.6 Å². The van der Waals surface area contributed by atoms with Crippen molar-refractivity contribution < 1.29 is 19.1 Å². The third-order valence-corrected chi connectivity index (χ3v) is 4.45. The van der Waals surface area contributed by atoms with E-state index in [1.54, 1.807) is 0 Å². The molecule has 1 aliphatic heterocycles. The zero-order chi connectivity index (χ0) is 13.9. The van der Waals surface area contributed by atoms with Crippen LogP contribution < -0.4 is 0 Å². The molecule has 0 N–H and O–H groups in total. The summed E-state index contributed by atoms with van der Waals surface area (Å²) >= 11 is 0. The SMILES string of the molecule is COC1=CC(=O)C2=C(C1=O)C1OCC3=C1C(=CCC3)C2. The molecular formula is C16H14O4. The molecule has 0 radical (unpaired) electrons. The number of allylic oxidation sites excluding steroid dienone is 4. The Kier molecular flexibility index (Phi) is 2.39. The van der Waals surface area contributed by atoms with Crippen LogP contribution in [0.1, 0.15) is 19.3 Å². The van der Waals surface area contributed by atoms with E-state index in [2.05, 4.69) is 6.08 Å². The van der Waals surface area contributed by atoms with Crippen LogP contribution in [0.5, 0.6) is 0 Å². The van der Waals surface area contributed by atoms with Gasteiger partial charge in [0.25, 0.3) is 0 Å². The number of ether oxygens (including phenoxy) is 2. The Hall–Kier alpha value is -1.94. The van der Waals surface area contributed by atoms with Gasteiger partial charge in [0.05, 0.1) is 13.7 Å². The number of rotatable bonds is 1. The first kappa shape index (κ1) is 11.9. The average Bonchev–Trinajstić information content (AvgIpc) is 2.89. The Morgan fingerprint density at radius 2 is 2.15 bits per heavy atom. The fourth-order valence-electron chi connectivity index (χ4n) is 3.53. The van der Waals surface area contributed by atoms with Crippen molar-refractivity contribution in [3.8, 4) is 0 Å². The number of hydrogen-bond donors (Lipinski definition) is 0. The summed E-state index contributed by atoms with van der Waals surface area (Å²) in [7, 11) is 1.41. The maximum atomic E-state index is 12.5. The van der Waals surface area contributed by atoms with Crippen molar-refractivity contribution in [1.82, 2.24) is 0 Å². The van der Waals surface area contributed by atoms with Crippen molar-refractivity contribution in [2.75, 3.05) is 13.7 Å². The molecule has 3 aliphatic carbocycles. The van der Waals surface area contributed by atoms with Gasteiger partial charge in [0.2, 0.25) is 5.78 Å². The van der Waals surface area contributed by atoms with Crippen LogP contribution in [-0.4, -0.2) is 31.4 Å². The molecule has 4 aliphatic rings. The lowest BCUT2D eigenvalue weighted by Crippen LogP contribution is -2.33. The summed E-state index contributed by atoms with van der Waals surface area (Å²) in [5, 5.41) is 0. The lowest BCUT2D eigenvalue weighted by Gasteiger charge is -2.31. The predicted octanol–water partition coefficient (Wildman–Crippen LogP) is 1.78. The molecule has 1 heterocycles. The minimum atomic E-state index is -0.365. The first-order valence-corrected chi connectivity index (χ1v) is 6.81. The smallest absolute Gasteiger partial charge is 0.227 e. The van der Waals surface area contributed by atoms with Gasteiger partial charge >= 0.3 is 0 Å². The molecule has 0 bridgehead atoms. The van der Waals surface area contributed by atoms with Gasteiger partial charge in [-0.15, -0.1) is 0 Å². The van der Waals surface area contributed by atoms with E-state index in [9.17, 15) is 9.59 Å². The molecule has 4 heteroatoms. The molecule has 0 aromatic carbocycles. The maximum Gasteiger partial charge on any atom is 0.227 e. The van der Waals surface area contributed by atoms with Crippen LogP contribution in [0.15, 0.2) is 45.8 Å². The van der Waals surface area contributed by atoms with Crippen molar-refractivity contribution in [3.63, 3.8) is 0 Å². The molecule has 0 fully saturated rings. The second kappa shape index (κ2) is 4.03. The lowest BCUT2D eigenvalue weighted by molar-refractivity contribution is -0.119. The first-order valence-electron chi connectivity index (χ1n) is 6.81. The topological polar surface area (TPSA) is 52.6 Å². The Bertz CT molecular complexity index is 673. The van der Waals surface area contributed by atoms with Gasteiger partial charge in [-0.05, 0) is 29.6 Å². The van der Waals surface area contributed by atoms with E-state index >= 15 is 0 Å². The molecule has 102 valence electrons. The molecule has 1 atom stereocenters. The molecule has 20 heavy (non-hydrogen) atoms. The van der Waals surface area contributed by atoms with Crippen molar-refractivity contribution in [2.24, 2.45) is 0 Å². The number of Topliss-reactive ketones (excluding diaryl/α,β-unsaturated/α-hetero) is 1. The highest BCUT2D eigenvalue weighted by Crippen LogP contribution is 2.46. The second-order valence-electron chi connectivity index (χ2n) is 5.45. The number of hydrogen-bond acceptors (Lipinski definition) is 4. The highest BCUT2D eigenvalue weighted by Gasteiger charge is 2.44. The largest absolute Gasteiger partial charge is 0.493 e. The minimum Gasteiger partial charge on any atom is -0.493 e. The van der Waals surface area contributed by atoms with Crippen LogP contribution in [-0.2, 0) is 19.1 Å². The van der Waals surface area contributed by atoms with Gasteiger partial charge in [0.15, 0.2) is 11.5 Å². The molecule has 0 saturated heterocycles. The number of fused-ring (bicyclic) bond motifs is 1. The number of methoxy groups -OCH3 is 1. The molecule has 0 saturated carbocycles. The molecule has 4 rings (SSSR count). The van der Waals surface area contributed by atoms with Gasteiger partial charge in [0, 0.05) is 23.6 Å². The average molecular weight is 270 g/mol. The van der Waals surface area contributed by atoms with Crippen molar-refractivity contribution in [3.05, 3.63) is 45.8 Å². The zero-order valence-electron chi connectivity index (χ0n) is 11.2. The number of ketones is 2. The van der Waals surface area contributed by atoms with Crippen LogP contribution in [0, 0.1) is 0 Å². The van der Waals surface area contributed by atoms with Crippen LogP contribution >= 0.6 is 0 Å². The summed E-state index contributed by atoms with van der Waals surface area (Å²) in [6.45, 7) is 0.571. The van der Waals surface area contributed by atoms with E-state index < -0.39 is 0 Å². The lowest BCUT2D eigenvalue weighted by atomic mass is 9.73. The quantitative estimate of drug-likeness (QED) is 0.682. The summed E-state index contributed by atoms with van der Waals surface area (Å²) < 4.78 is 10.9. The van der Waals surface area contributed by atoms with E-state index in [1.165, 1.54) is 24.3 Å². The molecule has 1 unspecified atom stereocenters. The van der Waals surface area contributed by atoms with E-state index in [4.69, 9.17) is 9.47 Å². The first-order chi connectivity index (χ1) is 9.70. The van der Waals surface area contributed by atoms with E-state index in [0.717, 1.165) is 18.4 Å². The molecular weight excluding hydrogens is 256 g/mol. The monoisotopic (exact) mass is 270 g/mol. The Morgan fingerprint density at radius 1 is 1.30 bits per heavy atom. The fourth-order valence-corrected chi connectivity index (χ4v) is 3.53. The number of carbonyl (C=O) groups excluding carboxylic acids is 2. The Labute approximate surface area is 116 Å². The van der Waals surface area contributed by atoms with E-state index in [0.29, 0.717) is 24.2 Å². The summed E-state index contributed by atoms with van der Waals surface area (Å²) in [5.41, 5.74) is 4.68. The molecule has 0 amide bonds. The summed E-state index contributed by atoms with van der Waals surface area (Å²) in [4.78, 5) is 24.7. The second-order valence-corrected chi connectivity index (χ2v) is 5.45. The number of carbonyl (C=O) groups is 2. The van der Waals surface area contributed by atoms with Crippen LogP contribution in [0.25, 0.3) is 0 Å². The molecule has 4 nitrogen and oxygen atoms in total. The summed E-state index contributed by atoms with van der Waals surface area (Å²) in [6.07, 6.45) is 5.65. The van der Waals surface area contributed by atoms with Gasteiger partial charge in [0.1, 0.15) is 6.10 Å². The van der Waals surface area contributed by atoms with Crippen LogP contribution in [0.4, 0.5) is 0 Å².